The van der Waals surface area contributed by atoms with Gasteiger partial charge in [-0.15, -0.1) is 0 Å². The van der Waals surface area contributed by atoms with Crippen molar-refractivity contribution in [3.63, 3.8) is 0 Å². The Morgan fingerprint density at radius 3 is 2.76 bits per heavy atom. The molecule has 3 rings (SSSR count). The molecule has 6 nitrogen and oxygen atoms in total. The molecule has 0 bridgehead atoms. The van der Waals surface area contributed by atoms with Crippen LogP contribution < -0.4 is 0 Å². The highest BCUT2D eigenvalue weighted by atomic mass is 35.5. The van der Waals surface area contributed by atoms with Crippen molar-refractivity contribution in [2.45, 2.75) is 43.6 Å². The van der Waals surface area contributed by atoms with Crippen molar-refractivity contribution in [2.24, 2.45) is 0 Å². The Kier molecular flexibility index (Phi) is 4.51. The van der Waals surface area contributed by atoms with Gasteiger partial charge in [-0.3, -0.25) is 4.68 Å². The number of halogens is 1. The summed E-state index contributed by atoms with van der Waals surface area (Å²) in [5, 5.41) is 24.9. The van der Waals surface area contributed by atoms with Crippen LogP contribution in [0.3, 0.4) is 0 Å². The van der Waals surface area contributed by atoms with E-state index in [0.717, 1.165) is 39.0 Å². The van der Waals surface area contributed by atoms with Gasteiger partial charge in [0.1, 0.15) is 6.10 Å². The van der Waals surface area contributed by atoms with Crippen LogP contribution in [0.1, 0.15) is 19.3 Å². The van der Waals surface area contributed by atoms with Gasteiger partial charge < -0.3 is 19.8 Å². The molecule has 0 amide bonds. The van der Waals surface area contributed by atoms with Gasteiger partial charge in [-0.1, -0.05) is 11.6 Å². The maximum atomic E-state index is 10.2. The van der Waals surface area contributed by atoms with Crippen LogP contribution in [-0.4, -0.2) is 68.9 Å². The first kappa shape index (κ1) is 15.2. The molecule has 1 aromatic heterocycles. The van der Waals surface area contributed by atoms with Crippen LogP contribution in [0.4, 0.5) is 0 Å². The van der Waals surface area contributed by atoms with Crippen molar-refractivity contribution in [1.82, 2.24) is 14.7 Å². The number of aliphatic hydroxyl groups is 2. The highest BCUT2D eigenvalue weighted by Gasteiger charge is 2.47. The van der Waals surface area contributed by atoms with E-state index in [1.807, 2.05) is 10.9 Å². The van der Waals surface area contributed by atoms with Crippen LogP contribution in [-0.2, 0) is 11.3 Å². The number of hydrogen-bond acceptors (Lipinski definition) is 5. The second-order valence-corrected chi connectivity index (χ2v) is 6.41. The molecular formula is C14H22ClN3O3. The van der Waals surface area contributed by atoms with Crippen LogP contribution in [0.15, 0.2) is 12.4 Å². The highest BCUT2D eigenvalue weighted by molar-refractivity contribution is 6.30. The summed E-state index contributed by atoms with van der Waals surface area (Å²) in [6.45, 7) is 3.94. The number of rotatable bonds is 3. The first-order chi connectivity index (χ1) is 10.1. The molecule has 2 atom stereocenters. The van der Waals surface area contributed by atoms with Crippen molar-refractivity contribution in [1.29, 1.82) is 0 Å². The zero-order valence-electron chi connectivity index (χ0n) is 12.0. The molecule has 0 aliphatic carbocycles. The minimum absolute atomic E-state index is 0.521. The van der Waals surface area contributed by atoms with E-state index in [9.17, 15) is 10.2 Å². The molecule has 2 N–H and O–H groups in total. The van der Waals surface area contributed by atoms with E-state index in [4.69, 9.17) is 16.3 Å². The van der Waals surface area contributed by atoms with Crippen LogP contribution in [0.25, 0.3) is 0 Å². The molecule has 1 spiro atoms. The highest BCUT2D eigenvalue weighted by Crippen LogP contribution is 2.35. The Morgan fingerprint density at radius 1 is 1.33 bits per heavy atom. The lowest BCUT2D eigenvalue weighted by atomic mass is 9.80. The first-order valence-corrected chi connectivity index (χ1v) is 7.87. The third-order valence-electron chi connectivity index (χ3n) is 4.66. The number of ether oxygens (including phenoxy) is 1. The van der Waals surface area contributed by atoms with Gasteiger partial charge >= 0.3 is 0 Å². The summed E-state index contributed by atoms with van der Waals surface area (Å²) in [4.78, 5) is 2.33. The van der Waals surface area contributed by atoms with Crippen LogP contribution in [0.5, 0.6) is 0 Å². The molecule has 1 aromatic rings. The fraction of sp³-hybridized carbons (Fsp3) is 0.786. The zero-order valence-corrected chi connectivity index (χ0v) is 12.7. The fourth-order valence-corrected chi connectivity index (χ4v) is 3.43. The number of likely N-dealkylation sites (tertiary alicyclic amines) is 1. The minimum Gasteiger partial charge on any atom is -0.390 e. The lowest BCUT2D eigenvalue weighted by molar-refractivity contribution is -0.214. The van der Waals surface area contributed by atoms with Crippen molar-refractivity contribution in [2.75, 3.05) is 26.2 Å². The molecule has 2 fully saturated rings. The van der Waals surface area contributed by atoms with E-state index in [1.54, 1.807) is 6.20 Å². The SMILES string of the molecule is O[C@H]1CCOC2(CCN(CCn3cc(Cl)cn3)CC2)[C@H]1O. The average Bonchev–Trinajstić information content (AvgIpc) is 2.90. The topological polar surface area (TPSA) is 70.8 Å². The summed E-state index contributed by atoms with van der Waals surface area (Å²) in [5.74, 6) is 0. The smallest absolute Gasteiger partial charge is 0.109 e. The standard InChI is InChI=1S/C14H22ClN3O3/c15-11-9-16-18(10-11)7-6-17-4-2-14(3-5-17)13(20)12(19)1-8-21-14/h9-10,12-13,19-20H,1-8H2/t12-,13-/m0/s1. The van der Waals surface area contributed by atoms with Gasteiger partial charge in [0.15, 0.2) is 0 Å². The van der Waals surface area contributed by atoms with Crippen molar-refractivity contribution in [3.05, 3.63) is 17.4 Å². The second-order valence-electron chi connectivity index (χ2n) is 5.98. The largest absolute Gasteiger partial charge is 0.390 e. The quantitative estimate of drug-likeness (QED) is 0.850. The summed E-state index contributed by atoms with van der Waals surface area (Å²) in [6, 6.07) is 0. The van der Waals surface area contributed by atoms with E-state index in [1.165, 1.54) is 0 Å². The number of hydrogen-bond donors (Lipinski definition) is 2. The summed E-state index contributed by atoms with van der Waals surface area (Å²) in [7, 11) is 0. The molecule has 0 saturated carbocycles. The fourth-order valence-electron chi connectivity index (χ4n) is 3.28. The minimum atomic E-state index is -0.765. The molecule has 0 aromatic carbocycles. The Morgan fingerprint density at radius 2 is 2.10 bits per heavy atom. The van der Waals surface area contributed by atoms with E-state index in [-0.39, 0.29) is 0 Å². The van der Waals surface area contributed by atoms with Crippen LogP contribution in [0.2, 0.25) is 5.02 Å². The lowest BCUT2D eigenvalue weighted by Crippen LogP contribution is -2.60. The third kappa shape index (κ3) is 3.24. The molecule has 0 radical (unpaired) electrons. The summed E-state index contributed by atoms with van der Waals surface area (Å²) >= 11 is 5.84. The predicted octanol–water partition coefficient (Wildman–Crippen LogP) is 0.513. The Balaban J connectivity index is 1.50. The van der Waals surface area contributed by atoms with Crippen LogP contribution in [0, 0.1) is 0 Å². The van der Waals surface area contributed by atoms with Gasteiger partial charge in [0.05, 0.1) is 36.1 Å². The lowest BCUT2D eigenvalue weighted by Gasteiger charge is -2.48. The van der Waals surface area contributed by atoms with E-state index in [2.05, 4.69) is 10.00 Å². The molecule has 118 valence electrons. The Hall–Kier alpha value is -0.660. The molecule has 0 unspecified atom stereocenters. The summed E-state index contributed by atoms with van der Waals surface area (Å²) < 4.78 is 7.67. The van der Waals surface area contributed by atoms with Gasteiger partial charge in [-0.2, -0.15) is 5.10 Å². The van der Waals surface area contributed by atoms with E-state index < -0.39 is 17.8 Å². The predicted molar refractivity (Wildman–Crippen MR) is 78.2 cm³/mol. The maximum Gasteiger partial charge on any atom is 0.109 e. The average molecular weight is 316 g/mol. The molecule has 2 aliphatic rings. The normalized spacial score (nSPS) is 29.9. The number of nitrogens with zero attached hydrogens (tertiary/aromatic N) is 3. The molecule has 2 saturated heterocycles. The summed E-state index contributed by atoms with van der Waals surface area (Å²) in [6.07, 6.45) is 4.07. The molecule has 2 aliphatic heterocycles. The first-order valence-electron chi connectivity index (χ1n) is 7.49. The van der Waals surface area contributed by atoms with Crippen molar-refractivity contribution in [3.8, 4) is 0 Å². The molecule has 3 heterocycles. The number of aliphatic hydroxyl groups excluding tert-OH is 2. The van der Waals surface area contributed by atoms with Gasteiger partial charge in [-0.25, -0.2) is 0 Å². The van der Waals surface area contributed by atoms with Crippen LogP contribution >= 0.6 is 11.6 Å². The Bertz CT molecular complexity index is 474. The summed E-state index contributed by atoms with van der Waals surface area (Å²) in [5.41, 5.74) is -0.552. The second kappa shape index (κ2) is 6.22. The van der Waals surface area contributed by atoms with Crippen molar-refractivity contribution < 1.29 is 14.9 Å². The third-order valence-corrected chi connectivity index (χ3v) is 4.85. The van der Waals surface area contributed by atoms with Gasteiger partial charge in [-0.05, 0) is 19.3 Å². The number of piperidine rings is 1. The van der Waals surface area contributed by atoms with E-state index >= 15 is 0 Å². The molecular weight excluding hydrogens is 294 g/mol. The number of aromatic nitrogens is 2. The maximum absolute atomic E-state index is 10.2. The van der Waals surface area contributed by atoms with Gasteiger partial charge in [0.2, 0.25) is 0 Å². The van der Waals surface area contributed by atoms with Gasteiger partial charge in [0, 0.05) is 25.8 Å². The van der Waals surface area contributed by atoms with Crippen molar-refractivity contribution >= 4 is 11.6 Å². The Labute approximate surface area is 129 Å². The van der Waals surface area contributed by atoms with Gasteiger partial charge in [0.25, 0.3) is 0 Å². The van der Waals surface area contributed by atoms with E-state index in [0.29, 0.717) is 18.1 Å². The molecule has 21 heavy (non-hydrogen) atoms. The zero-order chi connectivity index (χ0) is 14.9. The molecule has 7 heteroatoms. The monoisotopic (exact) mass is 315 g/mol.